The summed E-state index contributed by atoms with van der Waals surface area (Å²) in [5.41, 5.74) is 5.31. The molecular formula is C24H25N3O2. The third kappa shape index (κ3) is 4.51. The number of piperidine rings is 1. The van der Waals surface area contributed by atoms with Gasteiger partial charge in [0.25, 0.3) is 0 Å². The molecule has 2 aromatic carbocycles. The fourth-order valence-corrected chi connectivity index (χ4v) is 4.09. The molecule has 3 aromatic rings. The van der Waals surface area contributed by atoms with Crippen LogP contribution in [0.2, 0.25) is 0 Å². The number of carboxylic acid groups (broad SMARTS) is 1. The lowest BCUT2D eigenvalue weighted by Gasteiger charge is -2.32. The number of hydrogen-bond acceptors (Lipinski definition) is 4. The molecule has 148 valence electrons. The number of carboxylic acids is 1. The standard InChI is InChI=1S/C24H25N3O2/c1-17-13-25-14-23(26-17)20-5-4-12-27(16-20)15-18-8-10-19(11-9-18)21-6-2-3-7-22(21)24(28)29/h2-3,6-11,13-14,20H,4-5,12,15-16H2,1H3,(H,28,29). The van der Waals surface area contributed by atoms with Gasteiger partial charge in [-0.3, -0.25) is 14.9 Å². The highest BCUT2D eigenvalue weighted by Gasteiger charge is 2.22. The predicted octanol–water partition coefficient (Wildman–Crippen LogP) is 4.53. The second-order valence-electron chi connectivity index (χ2n) is 7.71. The molecule has 1 aromatic heterocycles. The molecule has 1 aliphatic heterocycles. The second-order valence-corrected chi connectivity index (χ2v) is 7.71. The second kappa shape index (κ2) is 8.53. The van der Waals surface area contributed by atoms with Gasteiger partial charge in [0, 0.05) is 31.4 Å². The first-order valence-corrected chi connectivity index (χ1v) is 10.0. The Hall–Kier alpha value is -3.05. The maximum Gasteiger partial charge on any atom is 0.336 e. The first-order chi connectivity index (χ1) is 14.1. The summed E-state index contributed by atoms with van der Waals surface area (Å²) in [5, 5.41) is 9.42. The van der Waals surface area contributed by atoms with Crippen molar-refractivity contribution in [3.8, 4) is 11.1 Å². The third-order valence-corrected chi connectivity index (χ3v) is 5.53. The maximum atomic E-state index is 11.5. The Morgan fingerprint density at radius 1 is 1.14 bits per heavy atom. The fraction of sp³-hybridized carbons (Fsp3) is 0.292. The van der Waals surface area contributed by atoms with Crippen LogP contribution < -0.4 is 0 Å². The van der Waals surface area contributed by atoms with Crippen LogP contribution in [0.5, 0.6) is 0 Å². The van der Waals surface area contributed by atoms with Crippen LogP contribution in [-0.2, 0) is 6.54 Å². The van der Waals surface area contributed by atoms with Crippen molar-refractivity contribution >= 4 is 5.97 Å². The topological polar surface area (TPSA) is 66.3 Å². The lowest BCUT2D eigenvalue weighted by atomic mass is 9.94. The molecule has 0 saturated carbocycles. The normalized spacial score (nSPS) is 17.2. The molecule has 0 spiro atoms. The summed E-state index contributed by atoms with van der Waals surface area (Å²) in [6.07, 6.45) is 6.01. The highest BCUT2D eigenvalue weighted by molar-refractivity contribution is 5.95. The molecule has 0 amide bonds. The van der Waals surface area contributed by atoms with Crippen molar-refractivity contribution in [3.63, 3.8) is 0 Å². The van der Waals surface area contributed by atoms with E-state index in [1.165, 1.54) is 5.56 Å². The molecule has 0 aliphatic carbocycles. The summed E-state index contributed by atoms with van der Waals surface area (Å²) < 4.78 is 0. The van der Waals surface area contributed by atoms with E-state index in [0.717, 1.165) is 55.0 Å². The number of likely N-dealkylation sites (tertiary alicyclic amines) is 1. The monoisotopic (exact) mass is 387 g/mol. The Bertz CT molecular complexity index is 1000. The molecule has 1 unspecified atom stereocenters. The van der Waals surface area contributed by atoms with Crippen LogP contribution in [-0.4, -0.2) is 39.0 Å². The van der Waals surface area contributed by atoms with Crippen LogP contribution in [0, 0.1) is 6.92 Å². The van der Waals surface area contributed by atoms with E-state index in [4.69, 9.17) is 0 Å². The van der Waals surface area contributed by atoms with E-state index in [1.54, 1.807) is 18.3 Å². The largest absolute Gasteiger partial charge is 0.478 e. The highest BCUT2D eigenvalue weighted by atomic mass is 16.4. The summed E-state index contributed by atoms with van der Waals surface area (Å²) in [6.45, 7) is 4.94. The minimum atomic E-state index is -0.900. The van der Waals surface area contributed by atoms with Gasteiger partial charge in [0.2, 0.25) is 0 Å². The van der Waals surface area contributed by atoms with Gasteiger partial charge >= 0.3 is 5.97 Å². The minimum absolute atomic E-state index is 0.332. The number of carbonyl (C=O) groups is 1. The van der Waals surface area contributed by atoms with Gasteiger partial charge in [0.15, 0.2) is 0 Å². The molecule has 0 bridgehead atoms. The molecule has 1 saturated heterocycles. The van der Waals surface area contributed by atoms with Crippen LogP contribution in [0.25, 0.3) is 11.1 Å². The average Bonchev–Trinajstić information content (AvgIpc) is 2.74. The number of rotatable bonds is 5. The lowest BCUT2D eigenvalue weighted by molar-refractivity contribution is 0.0697. The summed E-state index contributed by atoms with van der Waals surface area (Å²) in [5.74, 6) is -0.471. The molecule has 5 nitrogen and oxygen atoms in total. The minimum Gasteiger partial charge on any atom is -0.478 e. The van der Waals surface area contributed by atoms with Crippen molar-refractivity contribution in [2.45, 2.75) is 32.2 Å². The van der Waals surface area contributed by atoms with Crippen molar-refractivity contribution in [2.75, 3.05) is 13.1 Å². The van der Waals surface area contributed by atoms with Crippen molar-refractivity contribution in [1.82, 2.24) is 14.9 Å². The van der Waals surface area contributed by atoms with Crippen LogP contribution in [0.4, 0.5) is 0 Å². The lowest BCUT2D eigenvalue weighted by Crippen LogP contribution is -2.34. The number of hydrogen-bond donors (Lipinski definition) is 1. The zero-order chi connectivity index (χ0) is 20.2. The molecule has 0 radical (unpaired) electrons. The van der Waals surface area contributed by atoms with Gasteiger partial charge in [-0.25, -0.2) is 4.79 Å². The maximum absolute atomic E-state index is 11.5. The van der Waals surface area contributed by atoms with E-state index < -0.39 is 5.97 Å². The number of benzene rings is 2. The quantitative estimate of drug-likeness (QED) is 0.697. The highest BCUT2D eigenvalue weighted by Crippen LogP contribution is 2.28. The first kappa shape index (κ1) is 19.3. The van der Waals surface area contributed by atoms with Crippen molar-refractivity contribution in [2.24, 2.45) is 0 Å². The van der Waals surface area contributed by atoms with E-state index in [9.17, 15) is 9.90 Å². The van der Waals surface area contributed by atoms with E-state index in [-0.39, 0.29) is 0 Å². The van der Waals surface area contributed by atoms with Gasteiger partial charge in [0.1, 0.15) is 0 Å². The summed E-state index contributed by atoms with van der Waals surface area (Å²) in [6, 6.07) is 15.4. The molecule has 1 fully saturated rings. The molecule has 29 heavy (non-hydrogen) atoms. The Kier molecular flexibility index (Phi) is 5.67. The van der Waals surface area contributed by atoms with Crippen LogP contribution in [0.1, 0.15) is 46.1 Å². The van der Waals surface area contributed by atoms with Gasteiger partial charge in [-0.05, 0) is 49.1 Å². The number of aromatic nitrogens is 2. The average molecular weight is 387 g/mol. The molecule has 4 rings (SSSR count). The van der Waals surface area contributed by atoms with Crippen LogP contribution in [0.15, 0.2) is 60.9 Å². The van der Waals surface area contributed by atoms with Crippen molar-refractivity contribution in [3.05, 3.63) is 83.4 Å². The van der Waals surface area contributed by atoms with E-state index in [1.807, 2.05) is 37.4 Å². The Morgan fingerprint density at radius 2 is 1.93 bits per heavy atom. The molecule has 1 atom stereocenters. The zero-order valence-electron chi connectivity index (χ0n) is 16.6. The van der Waals surface area contributed by atoms with E-state index >= 15 is 0 Å². The number of aromatic carboxylic acids is 1. The van der Waals surface area contributed by atoms with E-state index in [2.05, 4.69) is 27.0 Å². The van der Waals surface area contributed by atoms with Crippen LogP contribution >= 0.6 is 0 Å². The van der Waals surface area contributed by atoms with Gasteiger partial charge in [-0.2, -0.15) is 0 Å². The number of aryl methyl sites for hydroxylation is 1. The predicted molar refractivity (Wildman–Crippen MR) is 113 cm³/mol. The molecule has 2 heterocycles. The molecular weight excluding hydrogens is 362 g/mol. The number of nitrogens with zero attached hydrogens (tertiary/aromatic N) is 3. The van der Waals surface area contributed by atoms with Gasteiger partial charge < -0.3 is 5.11 Å². The summed E-state index contributed by atoms with van der Waals surface area (Å²) in [7, 11) is 0. The fourth-order valence-electron chi connectivity index (χ4n) is 4.09. The van der Waals surface area contributed by atoms with Gasteiger partial charge in [-0.15, -0.1) is 0 Å². The Morgan fingerprint density at radius 3 is 2.69 bits per heavy atom. The van der Waals surface area contributed by atoms with Crippen LogP contribution in [0.3, 0.4) is 0 Å². The molecule has 5 heteroatoms. The Balaban J connectivity index is 1.46. The van der Waals surface area contributed by atoms with E-state index in [0.29, 0.717) is 11.5 Å². The molecule has 1 N–H and O–H groups in total. The van der Waals surface area contributed by atoms with Crippen molar-refractivity contribution in [1.29, 1.82) is 0 Å². The SMILES string of the molecule is Cc1cncc(C2CCCN(Cc3ccc(-c4ccccc4C(=O)O)cc3)C2)n1. The Labute approximate surface area is 171 Å². The summed E-state index contributed by atoms with van der Waals surface area (Å²) in [4.78, 5) is 22.9. The van der Waals surface area contributed by atoms with Gasteiger partial charge in [0.05, 0.1) is 17.0 Å². The molecule has 1 aliphatic rings. The van der Waals surface area contributed by atoms with Crippen molar-refractivity contribution < 1.29 is 9.90 Å². The first-order valence-electron chi connectivity index (χ1n) is 10.0. The zero-order valence-corrected chi connectivity index (χ0v) is 16.6. The smallest absolute Gasteiger partial charge is 0.336 e. The van der Waals surface area contributed by atoms with Gasteiger partial charge in [-0.1, -0.05) is 42.5 Å². The third-order valence-electron chi connectivity index (χ3n) is 5.53. The summed E-state index contributed by atoms with van der Waals surface area (Å²) >= 11 is 0.